The maximum atomic E-state index is 11.2. The van der Waals surface area contributed by atoms with Crippen LogP contribution in [0.5, 0.6) is 0 Å². The Morgan fingerprint density at radius 3 is 2.71 bits per heavy atom. The van der Waals surface area contributed by atoms with Gasteiger partial charge in [0.05, 0.1) is 11.4 Å². The maximum Gasteiger partial charge on any atom is 0.248 e. The van der Waals surface area contributed by atoms with Crippen LogP contribution in [0.15, 0.2) is 24.3 Å². The molecule has 0 atom stereocenters. The lowest BCUT2D eigenvalue weighted by Crippen LogP contribution is -2.09. The van der Waals surface area contributed by atoms with Crippen molar-refractivity contribution in [3.8, 4) is 0 Å². The standard InChI is InChI=1S/C11H14N2O/c1-4-5-11(14)13-10-7-6-8(2)12-9(10)3/h4-7H,1-3H3,(H,13,14)/b5-4+. The second kappa shape index (κ2) is 4.56. The van der Waals surface area contributed by atoms with Crippen LogP contribution in [-0.2, 0) is 4.79 Å². The SMILES string of the molecule is C/C=C/C(=O)Nc1ccc(C)nc1C. The van der Waals surface area contributed by atoms with Gasteiger partial charge in [-0.3, -0.25) is 9.78 Å². The zero-order valence-corrected chi connectivity index (χ0v) is 8.66. The number of hydrogen-bond donors (Lipinski definition) is 1. The van der Waals surface area contributed by atoms with E-state index in [9.17, 15) is 4.79 Å². The van der Waals surface area contributed by atoms with Gasteiger partial charge in [-0.2, -0.15) is 0 Å². The average Bonchev–Trinajstić information content (AvgIpc) is 2.10. The quantitative estimate of drug-likeness (QED) is 0.726. The summed E-state index contributed by atoms with van der Waals surface area (Å²) < 4.78 is 0. The van der Waals surface area contributed by atoms with Crippen molar-refractivity contribution >= 4 is 11.6 Å². The van der Waals surface area contributed by atoms with Crippen LogP contribution in [0, 0.1) is 13.8 Å². The van der Waals surface area contributed by atoms with Gasteiger partial charge in [0, 0.05) is 5.69 Å². The molecule has 1 amide bonds. The Morgan fingerprint density at radius 1 is 1.43 bits per heavy atom. The molecule has 1 N–H and O–H groups in total. The van der Waals surface area contributed by atoms with Crippen LogP contribution >= 0.6 is 0 Å². The zero-order valence-electron chi connectivity index (χ0n) is 8.66. The molecule has 0 aromatic carbocycles. The molecule has 0 fully saturated rings. The van der Waals surface area contributed by atoms with Crippen LogP contribution in [0.4, 0.5) is 5.69 Å². The maximum absolute atomic E-state index is 11.2. The first kappa shape index (κ1) is 10.4. The molecule has 0 saturated heterocycles. The van der Waals surface area contributed by atoms with Gasteiger partial charge in [-0.15, -0.1) is 0 Å². The number of hydrogen-bond acceptors (Lipinski definition) is 2. The first-order valence-electron chi connectivity index (χ1n) is 4.51. The predicted octanol–water partition coefficient (Wildman–Crippen LogP) is 2.21. The first-order chi connectivity index (χ1) is 6.63. The van der Waals surface area contributed by atoms with Gasteiger partial charge in [-0.05, 0) is 39.0 Å². The molecule has 0 unspecified atom stereocenters. The molecule has 0 saturated carbocycles. The molecule has 74 valence electrons. The van der Waals surface area contributed by atoms with E-state index in [1.54, 1.807) is 13.0 Å². The highest BCUT2D eigenvalue weighted by molar-refractivity contribution is 5.99. The van der Waals surface area contributed by atoms with Gasteiger partial charge < -0.3 is 5.32 Å². The smallest absolute Gasteiger partial charge is 0.248 e. The fourth-order valence-corrected chi connectivity index (χ4v) is 1.14. The largest absolute Gasteiger partial charge is 0.321 e. The minimum atomic E-state index is -0.124. The van der Waals surface area contributed by atoms with Crippen LogP contribution in [0.25, 0.3) is 0 Å². The molecule has 0 radical (unpaired) electrons. The Labute approximate surface area is 83.9 Å². The number of allylic oxidation sites excluding steroid dienone is 1. The summed E-state index contributed by atoms with van der Waals surface area (Å²) in [6.07, 6.45) is 3.19. The number of rotatable bonds is 2. The van der Waals surface area contributed by atoms with E-state index in [0.29, 0.717) is 0 Å². The van der Waals surface area contributed by atoms with Gasteiger partial charge in [0.15, 0.2) is 0 Å². The molecule has 14 heavy (non-hydrogen) atoms. The lowest BCUT2D eigenvalue weighted by Gasteiger charge is -2.05. The highest BCUT2D eigenvalue weighted by Crippen LogP contribution is 2.12. The highest BCUT2D eigenvalue weighted by Gasteiger charge is 2.01. The number of aromatic nitrogens is 1. The lowest BCUT2D eigenvalue weighted by molar-refractivity contribution is -0.111. The zero-order chi connectivity index (χ0) is 10.6. The van der Waals surface area contributed by atoms with Gasteiger partial charge >= 0.3 is 0 Å². The van der Waals surface area contributed by atoms with Crippen molar-refractivity contribution in [2.75, 3.05) is 5.32 Å². The number of aryl methyl sites for hydroxylation is 2. The number of carbonyl (C=O) groups excluding carboxylic acids is 1. The summed E-state index contributed by atoms with van der Waals surface area (Å²) in [5.74, 6) is -0.124. The Kier molecular flexibility index (Phi) is 3.40. The Bertz CT molecular complexity index is 370. The van der Waals surface area contributed by atoms with Crippen molar-refractivity contribution in [1.82, 2.24) is 4.98 Å². The van der Waals surface area contributed by atoms with Crippen molar-refractivity contribution in [1.29, 1.82) is 0 Å². The summed E-state index contributed by atoms with van der Waals surface area (Å²) in [5, 5.41) is 2.75. The molecule has 1 heterocycles. The van der Waals surface area contributed by atoms with E-state index in [2.05, 4.69) is 10.3 Å². The number of nitrogens with zero attached hydrogens (tertiary/aromatic N) is 1. The third kappa shape index (κ3) is 2.69. The van der Waals surface area contributed by atoms with Crippen molar-refractivity contribution in [3.05, 3.63) is 35.7 Å². The summed E-state index contributed by atoms with van der Waals surface area (Å²) in [6.45, 7) is 5.60. The molecule has 1 aromatic heterocycles. The summed E-state index contributed by atoms with van der Waals surface area (Å²) in [7, 11) is 0. The summed E-state index contributed by atoms with van der Waals surface area (Å²) in [6, 6.07) is 3.73. The van der Waals surface area contributed by atoms with Crippen LogP contribution in [0.2, 0.25) is 0 Å². The summed E-state index contributed by atoms with van der Waals surface area (Å²) >= 11 is 0. The van der Waals surface area contributed by atoms with Gasteiger partial charge in [-0.1, -0.05) is 6.08 Å². The van der Waals surface area contributed by atoms with E-state index >= 15 is 0 Å². The molecule has 1 rings (SSSR count). The van der Waals surface area contributed by atoms with Crippen molar-refractivity contribution < 1.29 is 4.79 Å². The summed E-state index contributed by atoms with van der Waals surface area (Å²) in [4.78, 5) is 15.5. The number of nitrogens with one attached hydrogen (secondary N) is 1. The first-order valence-corrected chi connectivity index (χ1v) is 4.51. The number of pyridine rings is 1. The van der Waals surface area contributed by atoms with Crippen LogP contribution < -0.4 is 5.32 Å². The van der Waals surface area contributed by atoms with Crippen LogP contribution in [0.3, 0.4) is 0 Å². The monoisotopic (exact) mass is 190 g/mol. The van der Waals surface area contributed by atoms with Gasteiger partial charge in [0.25, 0.3) is 0 Å². The molecule has 3 nitrogen and oxygen atoms in total. The Hall–Kier alpha value is -1.64. The van der Waals surface area contributed by atoms with Gasteiger partial charge in [0.2, 0.25) is 5.91 Å². The minimum absolute atomic E-state index is 0.124. The lowest BCUT2D eigenvalue weighted by atomic mass is 10.2. The molecule has 0 spiro atoms. The molecule has 0 aliphatic carbocycles. The Morgan fingerprint density at radius 2 is 2.14 bits per heavy atom. The molecule has 0 aliphatic heterocycles. The third-order valence-corrected chi connectivity index (χ3v) is 1.80. The van der Waals surface area contributed by atoms with E-state index in [1.807, 2.05) is 26.0 Å². The molecule has 0 bridgehead atoms. The van der Waals surface area contributed by atoms with Crippen molar-refractivity contribution in [2.24, 2.45) is 0 Å². The normalized spacial score (nSPS) is 10.5. The van der Waals surface area contributed by atoms with E-state index in [4.69, 9.17) is 0 Å². The van der Waals surface area contributed by atoms with Crippen molar-refractivity contribution in [3.63, 3.8) is 0 Å². The van der Waals surface area contributed by atoms with Gasteiger partial charge in [-0.25, -0.2) is 0 Å². The van der Waals surface area contributed by atoms with E-state index in [1.165, 1.54) is 6.08 Å². The third-order valence-electron chi connectivity index (χ3n) is 1.80. The van der Waals surface area contributed by atoms with E-state index < -0.39 is 0 Å². The molecular formula is C11H14N2O. The fraction of sp³-hybridized carbons (Fsp3) is 0.273. The van der Waals surface area contributed by atoms with Crippen LogP contribution in [0.1, 0.15) is 18.3 Å². The average molecular weight is 190 g/mol. The van der Waals surface area contributed by atoms with Gasteiger partial charge in [0.1, 0.15) is 0 Å². The number of amides is 1. The van der Waals surface area contributed by atoms with Crippen LogP contribution in [-0.4, -0.2) is 10.9 Å². The second-order valence-corrected chi connectivity index (χ2v) is 3.07. The molecule has 3 heteroatoms. The summed E-state index contributed by atoms with van der Waals surface area (Å²) in [5.41, 5.74) is 2.55. The minimum Gasteiger partial charge on any atom is -0.321 e. The molecule has 0 aliphatic rings. The second-order valence-electron chi connectivity index (χ2n) is 3.07. The van der Waals surface area contributed by atoms with E-state index in [0.717, 1.165) is 17.1 Å². The number of carbonyl (C=O) groups is 1. The highest BCUT2D eigenvalue weighted by atomic mass is 16.1. The van der Waals surface area contributed by atoms with Crippen molar-refractivity contribution in [2.45, 2.75) is 20.8 Å². The molecule has 1 aromatic rings. The predicted molar refractivity (Wildman–Crippen MR) is 57.2 cm³/mol. The Balaban J connectivity index is 2.82. The van der Waals surface area contributed by atoms with E-state index in [-0.39, 0.29) is 5.91 Å². The molecular weight excluding hydrogens is 176 g/mol. The fourth-order valence-electron chi connectivity index (χ4n) is 1.14. The topological polar surface area (TPSA) is 42.0 Å². The number of anilines is 1.